The second-order valence-corrected chi connectivity index (χ2v) is 6.62. The van der Waals surface area contributed by atoms with Crippen LogP contribution in [0.4, 0.5) is 0 Å². The molecule has 1 aliphatic heterocycles. The molecule has 0 bridgehead atoms. The van der Waals surface area contributed by atoms with Crippen molar-refractivity contribution in [3.63, 3.8) is 0 Å². The van der Waals surface area contributed by atoms with Crippen molar-refractivity contribution in [3.8, 4) is 11.5 Å². The largest absolute Gasteiger partial charge is 0.490 e. The quantitative estimate of drug-likeness (QED) is 0.714. The number of piperidine rings is 1. The molecule has 1 fully saturated rings. The molecule has 1 N–H and O–H groups in total. The van der Waals surface area contributed by atoms with Gasteiger partial charge in [0.15, 0.2) is 11.5 Å². The molecule has 2 rings (SSSR count). The van der Waals surface area contributed by atoms with Crippen molar-refractivity contribution in [1.29, 1.82) is 0 Å². The maximum absolute atomic E-state index is 12.9. The third-order valence-corrected chi connectivity index (χ3v) is 4.81. The minimum absolute atomic E-state index is 0.162. The third-order valence-electron chi connectivity index (χ3n) is 4.81. The Hall–Kier alpha value is -2.24. The van der Waals surface area contributed by atoms with Gasteiger partial charge in [-0.25, -0.2) is 0 Å². The molecule has 0 unspecified atom stereocenters. The number of hydrogen-bond acceptors (Lipinski definition) is 4. The molecule has 0 saturated carbocycles. The maximum atomic E-state index is 12.9. The fourth-order valence-corrected chi connectivity index (χ4v) is 3.28. The lowest BCUT2D eigenvalue weighted by Gasteiger charge is -2.37. The van der Waals surface area contributed by atoms with Gasteiger partial charge in [-0.3, -0.25) is 9.59 Å². The van der Waals surface area contributed by atoms with Gasteiger partial charge < -0.3 is 19.5 Å². The molecule has 0 aromatic heterocycles. The van der Waals surface area contributed by atoms with Crippen LogP contribution in [0, 0.1) is 5.92 Å². The Bertz CT molecular complexity index is 631. The first kappa shape index (κ1) is 20.1. The zero-order valence-corrected chi connectivity index (χ0v) is 15.9. The molecular formula is C20H29NO5. The molecule has 1 aromatic carbocycles. The zero-order chi connectivity index (χ0) is 19.1. The summed E-state index contributed by atoms with van der Waals surface area (Å²) in [5.41, 5.74) is 0.495. The molecule has 0 radical (unpaired) electrons. The molecule has 26 heavy (non-hydrogen) atoms. The van der Waals surface area contributed by atoms with Crippen molar-refractivity contribution in [2.45, 2.75) is 52.5 Å². The van der Waals surface area contributed by atoms with Gasteiger partial charge in [0.1, 0.15) is 0 Å². The van der Waals surface area contributed by atoms with Crippen molar-refractivity contribution in [1.82, 2.24) is 4.90 Å². The zero-order valence-electron chi connectivity index (χ0n) is 15.9. The van der Waals surface area contributed by atoms with Crippen molar-refractivity contribution >= 4 is 11.9 Å². The Morgan fingerprint density at radius 1 is 1.23 bits per heavy atom. The van der Waals surface area contributed by atoms with Gasteiger partial charge in [-0.05, 0) is 51.3 Å². The molecule has 1 heterocycles. The van der Waals surface area contributed by atoms with E-state index in [2.05, 4.69) is 6.92 Å². The van der Waals surface area contributed by atoms with E-state index in [0.29, 0.717) is 49.7 Å². The van der Waals surface area contributed by atoms with Crippen LogP contribution >= 0.6 is 0 Å². The Morgan fingerprint density at radius 2 is 2.00 bits per heavy atom. The van der Waals surface area contributed by atoms with Gasteiger partial charge in [0.2, 0.25) is 0 Å². The summed E-state index contributed by atoms with van der Waals surface area (Å²) < 4.78 is 11.4. The highest BCUT2D eigenvalue weighted by Crippen LogP contribution is 2.31. The number of nitrogens with zero attached hydrogens (tertiary/aromatic N) is 1. The number of aliphatic carboxylic acids is 1. The van der Waals surface area contributed by atoms with E-state index < -0.39 is 11.9 Å². The predicted molar refractivity (Wildman–Crippen MR) is 98.9 cm³/mol. The summed E-state index contributed by atoms with van der Waals surface area (Å²) in [6.45, 7) is 7.44. The van der Waals surface area contributed by atoms with Crippen molar-refractivity contribution in [3.05, 3.63) is 23.8 Å². The van der Waals surface area contributed by atoms with Crippen LogP contribution < -0.4 is 9.47 Å². The van der Waals surface area contributed by atoms with Gasteiger partial charge in [-0.1, -0.05) is 13.3 Å². The summed E-state index contributed by atoms with van der Waals surface area (Å²) >= 11 is 0. The molecule has 1 aliphatic rings. The van der Waals surface area contributed by atoms with E-state index in [1.807, 2.05) is 13.8 Å². The van der Waals surface area contributed by atoms with Gasteiger partial charge >= 0.3 is 5.97 Å². The number of ether oxygens (including phenoxy) is 2. The normalized spacial score (nSPS) is 19.9. The SMILES string of the molecule is CCCCOc1ccc(C(=O)N2CCC[C@H](C(=O)O)[C@@H]2C)cc1OCC. The van der Waals surface area contributed by atoms with E-state index in [9.17, 15) is 14.7 Å². The second-order valence-electron chi connectivity index (χ2n) is 6.62. The monoisotopic (exact) mass is 363 g/mol. The average molecular weight is 363 g/mol. The number of likely N-dealkylation sites (tertiary alicyclic amines) is 1. The molecule has 1 amide bonds. The lowest BCUT2D eigenvalue weighted by atomic mass is 9.90. The van der Waals surface area contributed by atoms with Gasteiger partial charge in [0.05, 0.1) is 19.1 Å². The molecule has 0 aliphatic carbocycles. The van der Waals surface area contributed by atoms with E-state index in [0.717, 1.165) is 12.8 Å². The number of unbranched alkanes of at least 4 members (excludes halogenated alkanes) is 1. The Kier molecular flexibility index (Phi) is 7.30. The van der Waals surface area contributed by atoms with E-state index in [1.165, 1.54) is 0 Å². The number of carboxylic acids is 1. The van der Waals surface area contributed by atoms with Crippen LogP contribution in [0.5, 0.6) is 11.5 Å². The fraction of sp³-hybridized carbons (Fsp3) is 0.600. The van der Waals surface area contributed by atoms with Crippen LogP contribution in [0.25, 0.3) is 0 Å². The van der Waals surface area contributed by atoms with Gasteiger partial charge in [-0.15, -0.1) is 0 Å². The van der Waals surface area contributed by atoms with E-state index in [-0.39, 0.29) is 11.9 Å². The molecule has 1 aromatic rings. The van der Waals surface area contributed by atoms with Crippen molar-refractivity contribution in [2.24, 2.45) is 5.92 Å². The number of rotatable bonds is 8. The number of amides is 1. The van der Waals surface area contributed by atoms with E-state index in [1.54, 1.807) is 23.1 Å². The first-order chi connectivity index (χ1) is 12.5. The maximum Gasteiger partial charge on any atom is 0.308 e. The number of carboxylic acid groups (broad SMARTS) is 1. The van der Waals surface area contributed by atoms with Crippen LogP contribution in [0.1, 0.15) is 56.8 Å². The fourth-order valence-electron chi connectivity index (χ4n) is 3.28. The Morgan fingerprint density at radius 3 is 2.65 bits per heavy atom. The lowest BCUT2D eigenvalue weighted by Crippen LogP contribution is -2.49. The summed E-state index contributed by atoms with van der Waals surface area (Å²) in [6.07, 6.45) is 3.30. The number of hydrogen-bond donors (Lipinski definition) is 1. The van der Waals surface area contributed by atoms with Crippen LogP contribution in [0.3, 0.4) is 0 Å². The summed E-state index contributed by atoms with van der Waals surface area (Å²) in [5, 5.41) is 9.36. The summed E-state index contributed by atoms with van der Waals surface area (Å²) in [5.74, 6) is -0.342. The smallest absolute Gasteiger partial charge is 0.308 e. The summed E-state index contributed by atoms with van der Waals surface area (Å²) in [6, 6.07) is 4.86. The summed E-state index contributed by atoms with van der Waals surface area (Å²) in [7, 11) is 0. The molecule has 0 spiro atoms. The summed E-state index contributed by atoms with van der Waals surface area (Å²) in [4.78, 5) is 26.0. The van der Waals surface area contributed by atoms with E-state index >= 15 is 0 Å². The highest BCUT2D eigenvalue weighted by molar-refractivity contribution is 5.95. The first-order valence-electron chi connectivity index (χ1n) is 9.43. The first-order valence-corrected chi connectivity index (χ1v) is 9.43. The Balaban J connectivity index is 2.19. The number of carbonyl (C=O) groups is 2. The highest BCUT2D eigenvalue weighted by Gasteiger charge is 2.35. The third kappa shape index (κ3) is 4.68. The van der Waals surface area contributed by atoms with Crippen molar-refractivity contribution < 1.29 is 24.2 Å². The van der Waals surface area contributed by atoms with Gasteiger partial charge in [0.25, 0.3) is 5.91 Å². The van der Waals surface area contributed by atoms with Crippen LogP contribution in [-0.2, 0) is 4.79 Å². The molecule has 6 nitrogen and oxygen atoms in total. The van der Waals surface area contributed by atoms with Crippen LogP contribution in [0.15, 0.2) is 18.2 Å². The lowest BCUT2D eigenvalue weighted by molar-refractivity contribution is -0.144. The molecule has 6 heteroatoms. The molecule has 1 saturated heterocycles. The standard InChI is InChI=1S/C20H29NO5/c1-4-6-12-26-17-10-9-15(13-18(17)25-5-2)19(22)21-11-7-8-16(14(21)3)20(23)24/h9-10,13-14,16H,4-8,11-12H2,1-3H3,(H,23,24)/t14-,16-/m0/s1. The van der Waals surface area contributed by atoms with Crippen molar-refractivity contribution in [2.75, 3.05) is 19.8 Å². The minimum atomic E-state index is -0.843. The van der Waals surface area contributed by atoms with Crippen LogP contribution in [0.2, 0.25) is 0 Å². The molecule has 2 atom stereocenters. The van der Waals surface area contributed by atoms with Gasteiger partial charge in [0, 0.05) is 18.2 Å². The highest BCUT2D eigenvalue weighted by atomic mass is 16.5. The average Bonchev–Trinajstić information content (AvgIpc) is 2.62. The van der Waals surface area contributed by atoms with Crippen LogP contribution in [-0.4, -0.2) is 47.7 Å². The number of carbonyl (C=O) groups excluding carboxylic acids is 1. The number of benzene rings is 1. The molecule has 144 valence electrons. The predicted octanol–water partition coefficient (Wildman–Crippen LogP) is 3.59. The van der Waals surface area contributed by atoms with E-state index in [4.69, 9.17) is 9.47 Å². The second kappa shape index (κ2) is 9.46. The topological polar surface area (TPSA) is 76.1 Å². The Labute approximate surface area is 155 Å². The minimum Gasteiger partial charge on any atom is -0.490 e. The molecular weight excluding hydrogens is 334 g/mol. The van der Waals surface area contributed by atoms with Gasteiger partial charge in [-0.2, -0.15) is 0 Å².